The minimum Gasteiger partial charge on any atom is -0.497 e. The average molecular weight is 421 g/mol. The van der Waals surface area contributed by atoms with Crippen LogP contribution in [-0.2, 0) is 27.1 Å². The lowest BCUT2D eigenvalue weighted by Gasteiger charge is -2.30. The van der Waals surface area contributed by atoms with E-state index in [-0.39, 0.29) is 17.6 Å². The maximum Gasteiger partial charge on any atom is 0.223 e. The number of amides is 1. The van der Waals surface area contributed by atoms with Crippen LogP contribution < -0.4 is 10.1 Å². The molecule has 1 aliphatic rings. The van der Waals surface area contributed by atoms with Crippen molar-refractivity contribution < 1.29 is 22.3 Å². The number of carbonyl (C=O) groups excluding carboxylic acids is 1. The largest absolute Gasteiger partial charge is 0.497 e. The van der Waals surface area contributed by atoms with Gasteiger partial charge in [-0.25, -0.2) is 17.1 Å². The predicted molar refractivity (Wildman–Crippen MR) is 108 cm³/mol. The number of rotatable bonds is 7. The first-order valence-electron chi connectivity index (χ1n) is 9.50. The third kappa shape index (κ3) is 5.77. The average Bonchev–Trinajstić information content (AvgIpc) is 2.74. The molecule has 0 unspecified atom stereocenters. The highest BCUT2D eigenvalue weighted by Crippen LogP contribution is 2.22. The van der Waals surface area contributed by atoms with Gasteiger partial charge in [0.2, 0.25) is 15.9 Å². The Bertz CT molecular complexity index is 922. The highest BCUT2D eigenvalue weighted by molar-refractivity contribution is 7.88. The predicted octanol–water partition coefficient (Wildman–Crippen LogP) is 2.69. The first-order chi connectivity index (χ1) is 13.9. The van der Waals surface area contributed by atoms with Crippen molar-refractivity contribution in [2.75, 3.05) is 20.2 Å². The summed E-state index contributed by atoms with van der Waals surface area (Å²) in [6, 6.07) is 12.9. The van der Waals surface area contributed by atoms with E-state index in [2.05, 4.69) is 5.32 Å². The lowest BCUT2D eigenvalue weighted by Crippen LogP contribution is -2.43. The molecule has 29 heavy (non-hydrogen) atoms. The number of piperidine rings is 1. The molecule has 0 atom stereocenters. The van der Waals surface area contributed by atoms with E-state index in [4.69, 9.17) is 4.74 Å². The van der Waals surface area contributed by atoms with E-state index in [9.17, 15) is 17.6 Å². The number of nitrogens with zero attached hydrogens (tertiary/aromatic N) is 1. The van der Waals surface area contributed by atoms with Crippen LogP contribution in [0.4, 0.5) is 4.39 Å². The molecular formula is C21H25FN2O4S. The number of sulfonamides is 1. The molecule has 2 aromatic carbocycles. The molecule has 0 aliphatic carbocycles. The summed E-state index contributed by atoms with van der Waals surface area (Å²) in [7, 11) is -1.89. The van der Waals surface area contributed by atoms with E-state index >= 15 is 0 Å². The van der Waals surface area contributed by atoms with E-state index in [0.29, 0.717) is 38.0 Å². The number of methoxy groups -OCH3 is 1. The zero-order valence-electron chi connectivity index (χ0n) is 16.3. The van der Waals surface area contributed by atoms with E-state index < -0.39 is 15.8 Å². The van der Waals surface area contributed by atoms with Crippen LogP contribution in [-0.4, -0.2) is 38.8 Å². The Morgan fingerprint density at radius 2 is 1.66 bits per heavy atom. The minimum absolute atomic E-state index is 0.0589. The second-order valence-corrected chi connectivity index (χ2v) is 9.09. The zero-order chi connectivity index (χ0) is 20.9. The molecule has 1 N–H and O–H groups in total. The molecule has 0 aromatic heterocycles. The summed E-state index contributed by atoms with van der Waals surface area (Å²) < 4.78 is 44.7. The fraction of sp³-hybridized carbons (Fsp3) is 0.381. The summed E-state index contributed by atoms with van der Waals surface area (Å²) in [4.78, 5) is 12.4. The van der Waals surface area contributed by atoms with Crippen LogP contribution in [0, 0.1) is 11.7 Å². The topological polar surface area (TPSA) is 75.7 Å². The van der Waals surface area contributed by atoms with Gasteiger partial charge in [0.05, 0.1) is 12.9 Å². The molecule has 3 rings (SSSR count). The number of hydrogen-bond acceptors (Lipinski definition) is 4. The molecule has 2 aromatic rings. The maximum atomic E-state index is 13.0. The molecular weight excluding hydrogens is 395 g/mol. The molecule has 156 valence electrons. The smallest absolute Gasteiger partial charge is 0.223 e. The number of hydrogen-bond donors (Lipinski definition) is 1. The summed E-state index contributed by atoms with van der Waals surface area (Å²) in [6.45, 7) is 1.04. The highest BCUT2D eigenvalue weighted by atomic mass is 32.2. The molecule has 6 nitrogen and oxygen atoms in total. The molecule has 8 heteroatoms. The number of benzene rings is 2. The van der Waals surface area contributed by atoms with Crippen molar-refractivity contribution in [3.05, 3.63) is 65.5 Å². The minimum atomic E-state index is -3.49. The Kier molecular flexibility index (Phi) is 6.87. The van der Waals surface area contributed by atoms with Gasteiger partial charge < -0.3 is 10.1 Å². The van der Waals surface area contributed by atoms with Crippen molar-refractivity contribution in [1.29, 1.82) is 0 Å². The normalized spacial score (nSPS) is 15.8. The van der Waals surface area contributed by atoms with Gasteiger partial charge in [-0.1, -0.05) is 24.3 Å². The van der Waals surface area contributed by atoms with Crippen molar-refractivity contribution in [1.82, 2.24) is 9.62 Å². The fourth-order valence-electron chi connectivity index (χ4n) is 3.36. The van der Waals surface area contributed by atoms with Crippen LogP contribution in [0.1, 0.15) is 24.0 Å². The van der Waals surface area contributed by atoms with Crippen molar-refractivity contribution in [2.45, 2.75) is 25.1 Å². The van der Waals surface area contributed by atoms with Gasteiger partial charge in [-0.15, -0.1) is 0 Å². The molecule has 0 radical (unpaired) electrons. The number of nitrogens with one attached hydrogen (secondary N) is 1. The summed E-state index contributed by atoms with van der Waals surface area (Å²) in [6.07, 6.45) is 0.966. The second kappa shape index (κ2) is 9.37. The number of carbonyl (C=O) groups is 1. The quantitative estimate of drug-likeness (QED) is 0.747. The van der Waals surface area contributed by atoms with Crippen LogP contribution in [0.2, 0.25) is 0 Å². The van der Waals surface area contributed by atoms with Gasteiger partial charge in [-0.2, -0.15) is 0 Å². The highest BCUT2D eigenvalue weighted by Gasteiger charge is 2.31. The van der Waals surface area contributed by atoms with E-state index in [0.717, 1.165) is 11.3 Å². The molecule has 0 spiro atoms. The summed E-state index contributed by atoms with van der Waals surface area (Å²) in [5, 5.41) is 2.92. The van der Waals surface area contributed by atoms with E-state index in [1.807, 2.05) is 24.3 Å². The van der Waals surface area contributed by atoms with Crippen molar-refractivity contribution in [3.63, 3.8) is 0 Å². The zero-order valence-corrected chi connectivity index (χ0v) is 17.1. The van der Waals surface area contributed by atoms with E-state index in [1.165, 1.54) is 28.6 Å². The van der Waals surface area contributed by atoms with Crippen molar-refractivity contribution in [3.8, 4) is 5.75 Å². The molecule has 0 bridgehead atoms. The fourth-order valence-corrected chi connectivity index (χ4v) is 4.92. The van der Waals surface area contributed by atoms with Gasteiger partial charge in [-0.3, -0.25) is 4.79 Å². The van der Waals surface area contributed by atoms with Crippen molar-refractivity contribution >= 4 is 15.9 Å². The first kappa shape index (κ1) is 21.3. The summed E-state index contributed by atoms with van der Waals surface area (Å²) >= 11 is 0. The second-order valence-electron chi connectivity index (χ2n) is 7.12. The van der Waals surface area contributed by atoms with Crippen molar-refractivity contribution in [2.24, 2.45) is 5.92 Å². The third-order valence-corrected chi connectivity index (χ3v) is 6.96. The molecule has 0 saturated carbocycles. The van der Waals surface area contributed by atoms with Crippen LogP contribution in [0.25, 0.3) is 0 Å². The van der Waals surface area contributed by atoms with Crippen LogP contribution in [0.15, 0.2) is 48.5 Å². The van der Waals surface area contributed by atoms with Gasteiger partial charge in [0.1, 0.15) is 11.6 Å². The first-order valence-corrected chi connectivity index (χ1v) is 11.1. The molecule has 1 saturated heterocycles. The third-order valence-electron chi connectivity index (χ3n) is 5.11. The SMILES string of the molecule is COc1ccc(CNC(=O)C2CCN(S(=O)(=O)Cc3ccc(F)cc3)CC2)cc1. The Morgan fingerprint density at radius 3 is 2.24 bits per heavy atom. The van der Waals surface area contributed by atoms with Gasteiger partial charge in [0, 0.05) is 25.6 Å². The standard InChI is InChI=1S/C21H25FN2O4S/c1-28-20-8-4-16(5-9-20)14-23-21(25)18-10-12-24(13-11-18)29(26,27)15-17-2-6-19(22)7-3-17/h2-9,18H,10-15H2,1H3,(H,23,25). The maximum absolute atomic E-state index is 13.0. The molecule has 1 amide bonds. The number of halogens is 1. The van der Waals surface area contributed by atoms with Gasteiger partial charge in [-0.05, 0) is 48.2 Å². The Hall–Kier alpha value is -2.45. The Balaban J connectivity index is 1.48. The molecule has 1 fully saturated rings. The molecule has 1 aliphatic heterocycles. The Morgan fingerprint density at radius 1 is 1.07 bits per heavy atom. The van der Waals surface area contributed by atoms with Gasteiger partial charge >= 0.3 is 0 Å². The molecule has 1 heterocycles. The lowest BCUT2D eigenvalue weighted by molar-refractivity contribution is -0.126. The summed E-state index contributed by atoms with van der Waals surface area (Å²) in [5.74, 6) is -0.0643. The Labute approximate surface area is 170 Å². The van der Waals surface area contributed by atoms with E-state index in [1.54, 1.807) is 7.11 Å². The monoisotopic (exact) mass is 420 g/mol. The van der Waals surface area contributed by atoms with Crippen LogP contribution in [0.5, 0.6) is 5.75 Å². The van der Waals surface area contributed by atoms with Crippen LogP contribution in [0.3, 0.4) is 0 Å². The number of ether oxygens (including phenoxy) is 1. The lowest BCUT2D eigenvalue weighted by atomic mass is 9.97. The van der Waals surface area contributed by atoms with Gasteiger partial charge in [0.15, 0.2) is 0 Å². The summed E-state index contributed by atoms with van der Waals surface area (Å²) in [5.41, 5.74) is 1.52. The van der Waals surface area contributed by atoms with Gasteiger partial charge in [0.25, 0.3) is 0 Å². The van der Waals surface area contributed by atoms with Crippen LogP contribution >= 0.6 is 0 Å².